The molecule has 13 heteroatoms. The molecule has 0 fully saturated rings. The predicted molar refractivity (Wildman–Crippen MR) is 105 cm³/mol. The zero-order valence-electron chi connectivity index (χ0n) is 16.3. The first-order valence-corrected chi connectivity index (χ1v) is 9.77. The van der Waals surface area contributed by atoms with Gasteiger partial charge in [0.1, 0.15) is 34.4 Å². The molecule has 1 aliphatic heterocycles. The van der Waals surface area contributed by atoms with E-state index in [2.05, 4.69) is 22.9 Å². The Morgan fingerprint density at radius 3 is 2.72 bits per heavy atom. The van der Waals surface area contributed by atoms with E-state index in [0.29, 0.717) is 0 Å². The molecule has 1 aliphatic rings. The minimum Gasteiger partial charge on any atom is -0.488 e. The van der Waals surface area contributed by atoms with Gasteiger partial charge >= 0.3 is 6.18 Å². The van der Waals surface area contributed by atoms with Crippen molar-refractivity contribution in [1.82, 2.24) is 9.29 Å². The largest absolute Gasteiger partial charge is 0.488 e. The molecule has 3 unspecified atom stereocenters. The molecule has 1 aromatic carbocycles. The number of nitrogens with one attached hydrogen (secondary N) is 2. The Morgan fingerprint density at radius 1 is 1.47 bits per heavy atom. The number of aromatic nitrogens is 1. The summed E-state index contributed by atoms with van der Waals surface area (Å²) in [6, 6.07) is 3.20. The van der Waals surface area contributed by atoms with E-state index in [9.17, 15) is 31.7 Å². The molecule has 8 nitrogen and oxygen atoms in total. The number of carbonyl (C=O) groups is 1. The van der Waals surface area contributed by atoms with E-state index >= 15 is 0 Å². The summed E-state index contributed by atoms with van der Waals surface area (Å²) < 4.78 is 73.0. The second kappa shape index (κ2) is 9.82. The molecule has 1 aromatic heterocycles. The standard InChI is InChI=1S/C17H14F4N4O4S.C2H2/c1-25-6-12-14(29-7-11(24-30(12)28)15(26)17(19,20)21)13(25)16(27)23-9-2-3-10(18)8(4-9)5-22;1-2/h2-4,6,11,15,24,26H,7H2,1H3,(H,23,27);1-2H. The molecule has 0 aliphatic carbocycles. The number of fused-ring (bicyclic) bond motifs is 1. The summed E-state index contributed by atoms with van der Waals surface area (Å²) in [5, 5.41) is 20.7. The molecule has 0 bridgehead atoms. The fourth-order valence-corrected chi connectivity index (χ4v) is 3.96. The van der Waals surface area contributed by atoms with Crippen LogP contribution in [0, 0.1) is 30.0 Å². The van der Waals surface area contributed by atoms with Crippen molar-refractivity contribution in [2.45, 2.75) is 23.2 Å². The van der Waals surface area contributed by atoms with Crippen LogP contribution in [0.3, 0.4) is 0 Å². The molecule has 0 saturated carbocycles. The number of aryl methyl sites for hydroxylation is 1. The van der Waals surface area contributed by atoms with Gasteiger partial charge in [-0.1, -0.05) is 0 Å². The van der Waals surface area contributed by atoms with Crippen LogP contribution < -0.4 is 14.8 Å². The predicted octanol–water partition coefficient (Wildman–Crippen LogP) is 1.83. The quantitative estimate of drug-likeness (QED) is 0.466. The topological polar surface area (TPSA) is 116 Å². The van der Waals surface area contributed by atoms with Crippen LogP contribution in [0.2, 0.25) is 0 Å². The number of anilines is 1. The number of benzene rings is 1. The molecule has 2 heterocycles. The fraction of sp³-hybridized carbons (Fsp3) is 0.263. The summed E-state index contributed by atoms with van der Waals surface area (Å²) >= 11 is 0. The smallest absolute Gasteiger partial charge is 0.416 e. The van der Waals surface area contributed by atoms with E-state index in [4.69, 9.17) is 10.00 Å². The first-order chi connectivity index (χ1) is 15.0. The first kappa shape index (κ1) is 24.9. The summed E-state index contributed by atoms with van der Waals surface area (Å²) in [7, 11) is -0.779. The highest BCUT2D eigenvalue weighted by molar-refractivity contribution is 7.83. The number of halogens is 4. The van der Waals surface area contributed by atoms with Gasteiger partial charge in [-0.15, -0.1) is 12.8 Å². The van der Waals surface area contributed by atoms with Crippen LogP contribution in [0.1, 0.15) is 16.1 Å². The molecule has 0 radical (unpaired) electrons. The summed E-state index contributed by atoms with van der Waals surface area (Å²) in [5.74, 6) is -1.79. The van der Waals surface area contributed by atoms with E-state index in [1.807, 2.05) is 0 Å². The lowest BCUT2D eigenvalue weighted by molar-refractivity contribution is -0.212. The molecule has 3 rings (SSSR count). The van der Waals surface area contributed by atoms with Gasteiger partial charge in [-0.2, -0.15) is 18.4 Å². The Balaban J connectivity index is 0.00000176. The van der Waals surface area contributed by atoms with E-state index in [1.165, 1.54) is 23.9 Å². The third-order valence-corrected chi connectivity index (χ3v) is 5.45. The number of nitriles is 1. The monoisotopic (exact) mass is 472 g/mol. The highest BCUT2D eigenvalue weighted by Gasteiger charge is 2.46. The summed E-state index contributed by atoms with van der Waals surface area (Å²) in [6.45, 7) is -0.709. The van der Waals surface area contributed by atoms with Gasteiger partial charge in [-0.05, 0) is 18.2 Å². The third kappa shape index (κ3) is 5.08. The maximum Gasteiger partial charge on any atom is 0.416 e. The van der Waals surface area contributed by atoms with E-state index < -0.39 is 47.6 Å². The number of alkyl halides is 3. The average Bonchev–Trinajstić information content (AvgIpc) is 3.00. The van der Waals surface area contributed by atoms with Gasteiger partial charge in [0, 0.05) is 18.9 Å². The van der Waals surface area contributed by atoms with Crippen molar-refractivity contribution in [3.63, 3.8) is 0 Å². The second-order valence-corrected chi connectivity index (χ2v) is 7.55. The fourth-order valence-electron chi connectivity index (χ4n) is 2.78. The Kier molecular flexibility index (Phi) is 7.64. The molecule has 0 saturated heterocycles. The van der Waals surface area contributed by atoms with Crippen molar-refractivity contribution in [3.8, 4) is 24.7 Å². The Morgan fingerprint density at radius 2 is 2.12 bits per heavy atom. The molecule has 3 N–H and O–H groups in total. The summed E-state index contributed by atoms with van der Waals surface area (Å²) in [5.41, 5.74) is -0.375. The lowest BCUT2D eigenvalue weighted by Crippen LogP contribution is -2.50. The number of amides is 1. The lowest BCUT2D eigenvalue weighted by atomic mass is 10.2. The maximum absolute atomic E-state index is 13.4. The Labute approximate surface area is 182 Å². The zero-order valence-corrected chi connectivity index (χ0v) is 17.1. The van der Waals surface area contributed by atoms with Gasteiger partial charge in [0.05, 0.1) is 11.6 Å². The van der Waals surface area contributed by atoms with Gasteiger partial charge in [0.2, 0.25) is 0 Å². The van der Waals surface area contributed by atoms with Crippen molar-refractivity contribution < 1.29 is 36.4 Å². The third-order valence-electron chi connectivity index (χ3n) is 4.24. The van der Waals surface area contributed by atoms with Crippen LogP contribution in [0.5, 0.6) is 5.75 Å². The highest BCUT2D eigenvalue weighted by Crippen LogP contribution is 2.33. The van der Waals surface area contributed by atoms with Crippen LogP contribution in [-0.2, 0) is 18.0 Å². The number of nitrogens with zero attached hydrogens (tertiary/aromatic N) is 2. The second-order valence-electron chi connectivity index (χ2n) is 6.33. The van der Waals surface area contributed by atoms with Crippen LogP contribution in [0.4, 0.5) is 23.2 Å². The molecule has 32 heavy (non-hydrogen) atoms. The van der Waals surface area contributed by atoms with Gasteiger partial charge < -0.3 is 19.7 Å². The minimum atomic E-state index is -4.97. The van der Waals surface area contributed by atoms with E-state index in [-0.39, 0.29) is 27.6 Å². The number of hydrogen-bond acceptors (Lipinski definition) is 5. The van der Waals surface area contributed by atoms with Crippen molar-refractivity contribution in [2.24, 2.45) is 7.05 Å². The lowest BCUT2D eigenvalue weighted by Gasteiger charge is -2.23. The van der Waals surface area contributed by atoms with Crippen LogP contribution in [-0.4, -0.2) is 44.7 Å². The minimum absolute atomic E-state index is 0.0867. The number of carbonyl (C=O) groups excluding carboxylic acids is 1. The Hall–Kier alpha value is -3.39. The SMILES string of the molecule is C#C.Cn1cc2c(c1C(=O)Nc1ccc(F)c(C#N)c1)OCC(C(O)C(F)(F)F)NS2=O. The Bertz CT molecular complexity index is 1110. The molecule has 2 aromatic rings. The number of hydrogen-bond donors (Lipinski definition) is 3. The first-order valence-electron chi connectivity index (χ1n) is 8.62. The molecular formula is C19H16F4N4O4S. The number of aliphatic hydroxyl groups excluding tert-OH is 1. The maximum atomic E-state index is 13.4. The summed E-state index contributed by atoms with van der Waals surface area (Å²) in [6.07, 6.45) is 1.44. The van der Waals surface area contributed by atoms with E-state index in [1.54, 1.807) is 6.07 Å². The summed E-state index contributed by atoms with van der Waals surface area (Å²) in [4.78, 5) is 12.6. The zero-order chi connectivity index (χ0) is 24.2. The number of terminal acetylenes is 1. The van der Waals surface area contributed by atoms with Crippen molar-refractivity contribution in [3.05, 3.63) is 41.5 Å². The highest BCUT2D eigenvalue weighted by atomic mass is 32.2. The molecular weight excluding hydrogens is 456 g/mol. The molecule has 1 amide bonds. The number of rotatable bonds is 3. The average molecular weight is 472 g/mol. The van der Waals surface area contributed by atoms with Gasteiger partial charge in [0.25, 0.3) is 5.91 Å². The van der Waals surface area contributed by atoms with Gasteiger partial charge in [-0.3, -0.25) is 4.79 Å². The number of ether oxygens (including phenoxy) is 1. The molecule has 3 atom stereocenters. The van der Waals surface area contributed by atoms with Gasteiger partial charge in [0.15, 0.2) is 17.5 Å². The van der Waals surface area contributed by atoms with Crippen molar-refractivity contribution >= 4 is 22.6 Å². The van der Waals surface area contributed by atoms with E-state index in [0.717, 1.165) is 12.1 Å². The van der Waals surface area contributed by atoms with Crippen molar-refractivity contribution in [1.29, 1.82) is 5.26 Å². The van der Waals surface area contributed by atoms with Crippen molar-refractivity contribution in [2.75, 3.05) is 11.9 Å². The van der Waals surface area contributed by atoms with Gasteiger partial charge in [-0.25, -0.2) is 13.3 Å². The normalized spacial score (nSPS) is 18.6. The molecule has 0 spiro atoms. The van der Waals surface area contributed by atoms with Crippen LogP contribution in [0.15, 0.2) is 29.3 Å². The van der Waals surface area contributed by atoms with Crippen LogP contribution in [0.25, 0.3) is 0 Å². The number of aliphatic hydroxyl groups is 1. The van der Waals surface area contributed by atoms with Crippen LogP contribution >= 0.6 is 0 Å². The molecule has 170 valence electrons.